The number of halogens is 3. The lowest BCUT2D eigenvalue weighted by atomic mass is 10.3. The highest BCUT2D eigenvalue weighted by molar-refractivity contribution is 9.10. The van der Waals surface area contributed by atoms with Gasteiger partial charge in [0.15, 0.2) is 16.8 Å². The third-order valence-electron chi connectivity index (χ3n) is 2.19. The lowest BCUT2D eigenvalue weighted by Gasteiger charge is -2.10. The molecular weight excluding hydrogens is 358 g/mol. The zero-order valence-corrected chi connectivity index (χ0v) is 12.1. The number of benzene rings is 1. The maximum absolute atomic E-state index is 13.9. The average Bonchev–Trinajstić information content (AvgIpc) is 2.67. The van der Waals surface area contributed by atoms with Gasteiger partial charge in [-0.05, 0) is 12.1 Å². The first-order valence-corrected chi connectivity index (χ1v) is 6.88. The summed E-state index contributed by atoms with van der Waals surface area (Å²) in [4.78, 5) is 10.5. The standard InChI is InChI=1S/C10H7BrF2N4O2S/c11-4-1-5(12)8(6(13)2-4)17-9(14)15-16-10(17)20-3-7(18)19/h1-2H,3H2,(H2,14,15)(H,18,19). The second-order valence-electron chi connectivity index (χ2n) is 3.58. The molecule has 106 valence electrons. The third-order valence-corrected chi connectivity index (χ3v) is 3.56. The van der Waals surface area contributed by atoms with Crippen LogP contribution in [0.5, 0.6) is 0 Å². The Morgan fingerprint density at radius 3 is 2.55 bits per heavy atom. The van der Waals surface area contributed by atoms with Gasteiger partial charge in [-0.3, -0.25) is 9.36 Å². The minimum atomic E-state index is -1.10. The van der Waals surface area contributed by atoms with E-state index in [1.54, 1.807) is 0 Å². The van der Waals surface area contributed by atoms with Crippen LogP contribution in [-0.2, 0) is 4.79 Å². The fourth-order valence-electron chi connectivity index (χ4n) is 1.46. The maximum atomic E-state index is 13.9. The summed E-state index contributed by atoms with van der Waals surface area (Å²) < 4.78 is 29.0. The number of hydrogen-bond acceptors (Lipinski definition) is 5. The Morgan fingerprint density at radius 2 is 2.00 bits per heavy atom. The molecule has 1 aromatic heterocycles. The van der Waals surface area contributed by atoms with E-state index in [0.717, 1.165) is 28.5 Å². The van der Waals surface area contributed by atoms with Gasteiger partial charge < -0.3 is 10.8 Å². The molecule has 0 radical (unpaired) electrons. The van der Waals surface area contributed by atoms with Crippen LogP contribution in [0.25, 0.3) is 5.69 Å². The van der Waals surface area contributed by atoms with E-state index in [9.17, 15) is 13.6 Å². The zero-order chi connectivity index (χ0) is 14.9. The summed E-state index contributed by atoms with van der Waals surface area (Å²) in [6.45, 7) is 0. The molecule has 2 rings (SSSR count). The fraction of sp³-hybridized carbons (Fsp3) is 0.100. The smallest absolute Gasteiger partial charge is 0.313 e. The van der Waals surface area contributed by atoms with Gasteiger partial charge in [-0.25, -0.2) is 8.78 Å². The van der Waals surface area contributed by atoms with E-state index in [4.69, 9.17) is 10.8 Å². The second-order valence-corrected chi connectivity index (χ2v) is 5.43. The Bertz CT molecular complexity index is 656. The van der Waals surface area contributed by atoms with Crippen molar-refractivity contribution < 1.29 is 18.7 Å². The number of nitrogens with two attached hydrogens (primary N) is 1. The molecule has 0 aliphatic rings. The predicted octanol–water partition coefficient (Wildman–Crippen LogP) is 2.07. The largest absolute Gasteiger partial charge is 0.481 e. The zero-order valence-electron chi connectivity index (χ0n) is 9.68. The maximum Gasteiger partial charge on any atom is 0.313 e. The Balaban J connectivity index is 2.52. The molecule has 0 atom stereocenters. The highest BCUT2D eigenvalue weighted by atomic mass is 79.9. The average molecular weight is 365 g/mol. The highest BCUT2D eigenvalue weighted by Crippen LogP contribution is 2.28. The number of rotatable bonds is 4. The van der Waals surface area contributed by atoms with E-state index in [1.165, 1.54) is 0 Å². The lowest BCUT2D eigenvalue weighted by molar-refractivity contribution is -0.133. The summed E-state index contributed by atoms with van der Waals surface area (Å²) in [6, 6.07) is 2.12. The number of thioether (sulfide) groups is 1. The number of aliphatic carboxylic acids is 1. The fourth-order valence-corrected chi connectivity index (χ4v) is 2.53. The van der Waals surface area contributed by atoms with Gasteiger partial charge >= 0.3 is 5.97 Å². The summed E-state index contributed by atoms with van der Waals surface area (Å²) in [5, 5.41) is 15.7. The number of anilines is 1. The molecule has 6 nitrogen and oxygen atoms in total. The van der Waals surface area contributed by atoms with Crippen LogP contribution in [0, 0.1) is 11.6 Å². The van der Waals surface area contributed by atoms with Crippen molar-refractivity contribution in [3.63, 3.8) is 0 Å². The molecule has 3 N–H and O–H groups in total. The molecular formula is C10H7BrF2N4O2S. The van der Waals surface area contributed by atoms with Crippen molar-refractivity contribution in [3.05, 3.63) is 28.2 Å². The molecule has 1 heterocycles. The van der Waals surface area contributed by atoms with E-state index in [1.807, 2.05) is 0 Å². The van der Waals surface area contributed by atoms with Crippen LogP contribution in [0.1, 0.15) is 0 Å². The Morgan fingerprint density at radius 1 is 1.40 bits per heavy atom. The summed E-state index contributed by atoms with van der Waals surface area (Å²) in [5.74, 6) is -3.42. The minimum Gasteiger partial charge on any atom is -0.481 e. The number of nitrogens with zero attached hydrogens (tertiary/aromatic N) is 3. The SMILES string of the molecule is Nc1nnc(SCC(=O)O)n1-c1c(F)cc(Br)cc1F. The molecule has 0 unspecified atom stereocenters. The van der Waals surface area contributed by atoms with E-state index in [2.05, 4.69) is 26.1 Å². The number of nitrogen functional groups attached to an aromatic ring is 1. The van der Waals surface area contributed by atoms with Crippen LogP contribution in [0.2, 0.25) is 0 Å². The van der Waals surface area contributed by atoms with Crippen LogP contribution in [0.15, 0.2) is 21.8 Å². The van der Waals surface area contributed by atoms with Crippen LogP contribution in [0.3, 0.4) is 0 Å². The van der Waals surface area contributed by atoms with Crippen LogP contribution >= 0.6 is 27.7 Å². The monoisotopic (exact) mass is 364 g/mol. The predicted molar refractivity (Wildman–Crippen MR) is 71.7 cm³/mol. The number of carbonyl (C=O) groups is 1. The van der Waals surface area contributed by atoms with Gasteiger partial charge in [0.25, 0.3) is 0 Å². The van der Waals surface area contributed by atoms with E-state index >= 15 is 0 Å². The lowest BCUT2D eigenvalue weighted by Crippen LogP contribution is -2.08. The van der Waals surface area contributed by atoms with Crippen molar-refractivity contribution >= 4 is 39.6 Å². The number of carboxylic acids is 1. The molecule has 0 spiro atoms. The topological polar surface area (TPSA) is 94.0 Å². The third kappa shape index (κ3) is 2.90. The number of hydrogen-bond donors (Lipinski definition) is 2. The molecule has 0 bridgehead atoms. The Kier molecular flexibility index (Phi) is 4.23. The van der Waals surface area contributed by atoms with E-state index in [-0.39, 0.29) is 21.3 Å². The molecule has 10 heteroatoms. The van der Waals surface area contributed by atoms with Gasteiger partial charge in [-0.1, -0.05) is 27.7 Å². The van der Waals surface area contributed by atoms with Crippen LogP contribution in [0.4, 0.5) is 14.7 Å². The van der Waals surface area contributed by atoms with Gasteiger partial charge in [0, 0.05) is 4.47 Å². The molecule has 2 aromatic rings. The van der Waals surface area contributed by atoms with Crippen molar-refractivity contribution in [2.45, 2.75) is 5.16 Å². The molecule has 1 aromatic carbocycles. The second kappa shape index (κ2) is 5.75. The molecule has 0 amide bonds. The quantitative estimate of drug-likeness (QED) is 0.806. The molecule has 0 aliphatic carbocycles. The van der Waals surface area contributed by atoms with E-state index < -0.39 is 23.3 Å². The first-order valence-electron chi connectivity index (χ1n) is 5.10. The van der Waals surface area contributed by atoms with Crippen LogP contribution in [-0.4, -0.2) is 31.6 Å². The van der Waals surface area contributed by atoms with Crippen molar-refractivity contribution in [1.29, 1.82) is 0 Å². The van der Waals surface area contributed by atoms with Gasteiger partial charge in [0.2, 0.25) is 5.95 Å². The van der Waals surface area contributed by atoms with E-state index in [0.29, 0.717) is 0 Å². The van der Waals surface area contributed by atoms with Crippen LogP contribution < -0.4 is 5.73 Å². The molecule has 0 aliphatic heterocycles. The summed E-state index contributed by atoms with van der Waals surface area (Å²) in [6.07, 6.45) is 0. The van der Waals surface area contributed by atoms with Crippen molar-refractivity contribution in [2.24, 2.45) is 0 Å². The molecule has 0 fully saturated rings. The summed E-state index contributed by atoms with van der Waals surface area (Å²) in [7, 11) is 0. The summed E-state index contributed by atoms with van der Waals surface area (Å²) >= 11 is 3.72. The molecule has 0 saturated heterocycles. The first kappa shape index (κ1) is 14.7. The Labute approximate surface area is 124 Å². The van der Waals surface area contributed by atoms with Gasteiger partial charge in [-0.2, -0.15) is 0 Å². The Hall–Kier alpha value is -1.68. The first-order chi connectivity index (χ1) is 9.40. The van der Waals surface area contributed by atoms with Crippen molar-refractivity contribution in [1.82, 2.24) is 14.8 Å². The van der Waals surface area contributed by atoms with Gasteiger partial charge in [0.05, 0.1) is 5.75 Å². The number of carboxylic acid groups (broad SMARTS) is 1. The normalized spacial score (nSPS) is 10.8. The minimum absolute atomic E-state index is 0.00924. The van der Waals surface area contributed by atoms with Crippen molar-refractivity contribution in [3.8, 4) is 5.69 Å². The molecule has 0 saturated carbocycles. The molecule has 20 heavy (non-hydrogen) atoms. The summed E-state index contributed by atoms with van der Waals surface area (Å²) in [5.41, 5.74) is 5.08. The van der Waals surface area contributed by atoms with Gasteiger partial charge in [0.1, 0.15) is 5.69 Å². The van der Waals surface area contributed by atoms with Crippen molar-refractivity contribution in [2.75, 3.05) is 11.5 Å². The van der Waals surface area contributed by atoms with Gasteiger partial charge in [-0.15, -0.1) is 10.2 Å². The highest BCUT2D eigenvalue weighted by Gasteiger charge is 2.20. The number of aromatic nitrogens is 3.